The maximum Gasteiger partial charge on any atom is 0.0850 e. The number of rotatable bonds is 3. The van der Waals surface area contributed by atoms with Gasteiger partial charge in [-0.3, -0.25) is 4.90 Å². The molecular weight excluding hydrogens is 220 g/mol. The predicted octanol–water partition coefficient (Wildman–Crippen LogP) is 1.60. The molecule has 0 saturated carbocycles. The summed E-state index contributed by atoms with van der Waals surface area (Å²) in [5.41, 5.74) is 7.28. The average molecular weight is 240 g/mol. The number of hydrogen-bond donors (Lipinski definition) is 1. The molecule has 2 rings (SSSR count). The Balaban J connectivity index is 1.93. The molecule has 1 aromatic heterocycles. The van der Waals surface area contributed by atoms with Crippen LogP contribution in [-0.2, 0) is 11.3 Å². The number of ether oxygens (including phenoxy) is 1. The Labute approximate surface area is 101 Å². The molecule has 0 amide bonds. The van der Waals surface area contributed by atoms with Crippen molar-refractivity contribution in [3.05, 3.63) is 21.9 Å². The molecule has 90 valence electrons. The average Bonchev–Trinajstić information content (AvgIpc) is 2.65. The van der Waals surface area contributed by atoms with Gasteiger partial charge in [0.15, 0.2) is 0 Å². The first-order valence-corrected chi connectivity index (χ1v) is 6.67. The van der Waals surface area contributed by atoms with Crippen LogP contribution in [0.1, 0.15) is 17.4 Å². The molecule has 1 aromatic rings. The third-order valence-electron chi connectivity index (χ3n) is 3.10. The maximum atomic E-state index is 5.88. The van der Waals surface area contributed by atoms with E-state index in [0.717, 1.165) is 26.2 Å². The van der Waals surface area contributed by atoms with Crippen molar-refractivity contribution in [1.82, 2.24) is 4.90 Å². The fourth-order valence-corrected chi connectivity index (χ4v) is 2.91. The van der Waals surface area contributed by atoms with Gasteiger partial charge in [0.05, 0.1) is 12.7 Å². The van der Waals surface area contributed by atoms with Gasteiger partial charge in [-0.25, -0.2) is 0 Å². The molecule has 4 heteroatoms. The highest BCUT2D eigenvalue weighted by molar-refractivity contribution is 7.10. The second kappa shape index (κ2) is 5.27. The van der Waals surface area contributed by atoms with E-state index in [2.05, 4.69) is 23.3 Å². The molecule has 0 spiro atoms. The fourth-order valence-electron chi connectivity index (χ4n) is 1.96. The van der Waals surface area contributed by atoms with Crippen LogP contribution in [0.5, 0.6) is 0 Å². The van der Waals surface area contributed by atoms with Crippen molar-refractivity contribution in [2.75, 3.05) is 19.7 Å². The highest BCUT2D eigenvalue weighted by Gasteiger charge is 2.23. The Morgan fingerprint density at radius 1 is 1.69 bits per heavy atom. The van der Waals surface area contributed by atoms with Crippen molar-refractivity contribution in [3.63, 3.8) is 0 Å². The van der Waals surface area contributed by atoms with Crippen molar-refractivity contribution in [2.24, 2.45) is 5.73 Å². The second-order valence-corrected chi connectivity index (χ2v) is 5.53. The van der Waals surface area contributed by atoms with Gasteiger partial charge in [-0.15, -0.1) is 11.3 Å². The summed E-state index contributed by atoms with van der Waals surface area (Å²) < 4.78 is 5.66. The van der Waals surface area contributed by atoms with Gasteiger partial charge in [-0.05, 0) is 30.9 Å². The SMILES string of the molecule is Cc1ccsc1CN1CCOC(C(C)N)C1. The van der Waals surface area contributed by atoms with Gasteiger partial charge >= 0.3 is 0 Å². The normalized spacial score (nSPS) is 24.6. The molecule has 0 bridgehead atoms. The summed E-state index contributed by atoms with van der Waals surface area (Å²) in [5.74, 6) is 0. The Morgan fingerprint density at radius 2 is 2.50 bits per heavy atom. The van der Waals surface area contributed by atoms with E-state index in [9.17, 15) is 0 Å². The van der Waals surface area contributed by atoms with E-state index in [0.29, 0.717) is 0 Å². The van der Waals surface area contributed by atoms with Crippen LogP contribution in [0.25, 0.3) is 0 Å². The van der Waals surface area contributed by atoms with Crippen molar-refractivity contribution in [2.45, 2.75) is 32.5 Å². The number of morpholine rings is 1. The Kier molecular flexibility index (Phi) is 3.97. The van der Waals surface area contributed by atoms with Gasteiger partial charge in [0.25, 0.3) is 0 Å². The first-order chi connectivity index (χ1) is 7.66. The van der Waals surface area contributed by atoms with Crippen LogP contribution in [0.3, 0.4) is 0 Å². The summed E-state index contributed by atoms with van der Waals surface area (Å²) >= 11 is 1.84. The summed E-state index contributed by atoms with van der Waals surface area (Å²) in [6, 6.07) is 2.30. The molecule has 3 nitrogen and oxygen atoms in total. The molecule has 2 N–H and O–H groups in total. The third-order valence-corrected chi connectivity index (χ3v) is 4.11. The van der Waals surface area contributed by atoms with Crippen LogP contribution in [0.2, 0.25) is 0 Å². The van der Waals surface area contributed by atoms with Crippen LogP contribution >= 0.6 is 11.3 Å². The molecule has 2 atom stereocenters. The molecule has 1 fully saturated rings. The van der Waals surface area contributed by atoms with E-state index in [1.807, 2.05) is 18.3 Å². The molecule has 1 aliphatic heterocycles. The summed E-state index contributed by atoms with van der Waals surface area (Å²) in [6.45, 7) is 8.00. The minimum atomic E-state index is 0.118. The molecule has 0 radical (unpaired) electrons. The Morgan fingerprint density at radius 3 is 3.12 bits per heavy atom. The molecule has 2 heterocycles. The van der Waals surface area contributed by atoms with E-state index in [1.165, 1.54) is 10.4 Å². The molecule has 0 aliphatic carbocycles. The van der Waals surface area contributed by atoms with Crippen molar-refractivity contribution in [3.8, 4) is 0 Å². The van der Waals surface area contributed by atoms with Crippen LogP contribution in [0.4, 0.5) is 0 Å². The molecule has 1 saturated heterocycles. The third kappa shape index (κ3) is 2.83. The molecule has 0 aromatic carbocycles. The van der Waals surface area contributed by atoms with E-state index in [4.69, 9.17) is 10.5 Å². The zero-order valence-electron chi connectivity index (χ0n) is 9.98. The topological polar surface area (TPSA) is 38.5 Å². The van der Waals surface area contributed by atoms with Gasteiger partial charge in [-0.2, -0.15) is 0 Å². The molecule has 2 unspecified atom stereocenters. The van der Waals surface area contributed by atoms with E-state index in [1.54, 1.807) is 0 Å². The van der Waals surface area contributed by atoms with Crippen molar-refractivity contribution in [1.29, 1.82) is 0 Å². The standard InChI is InChI=1S/C12H20N2OS/c1-9-3-6-16-12(9)8-14-4-5-15-11(7-14)10(2)13/h3,6,10-11H,4-5,7-8,13H2,1-2H3. The van der Waals surface area contributed by atoms with Gasteiger partial charge in [-0.1, -0.05) is 0 Å². The number of thiophene rings is 1. The zero-order chi connectivity index (χ0) is 11.5. The van der Waals surface area contributed by atoms with Crippen LogP contribution in [-0.4, -0.2) is 36.7 Å². The first-order valence-electron chi connectivity index (χ1n) is 5.79. The lowest BCUT2D eigenvalue weighted by atomic mass is 10.1. The number of nitrogens with zero attached hydrogens (tertiary/aromatic N) is 1. The Hall–Kier alpha value is -0.420. The quantitative estimate of drug-likeness (QED) is 0.872. The van der Waals surface area contributed by atoms with Gasteiger partial charge < -0.3 is 10.5 Å². The summed E-state index contributed by atoms with van der Waals surface area (Å²) in [5, 5.41) is 2.16. The largest absolute Gasteiger partial charge is 0.374 e. The van der Waals surface area contributed by atoms with Gasteiger partial charge in [0.2, 0.25) is 0 Å². The van der Waals surface area contributed by atoms with E-state index < -0.39 is 0 Å². The summed E-state index contributed by atoms with van der Waals surface area (Å²) in [4.78, 5) is 3.90. The Bertz CT molecular complexity index is 338. The van der Waals surface area contributed by atoms with Gasteiger partial charge in [0, 0.05) is 30.6 Å². The highest BCUT2D eigenvalue weighted by Crippen LogP contribution is 2.19. The lowest BCUT2D eigenvalue weighted by Crippen LogP contribution is -2.49. The lowest BCUT2D eigenvalue weighted by Gasteiger charge is -2.34. The molecule has 1 aliphatic rings. The molecule has 16 heavy (non-hydrogen) atoms. The maximum absolute atomic E-state index is 5.88. The fraction of sp³-hybridized carbons (Fsp3) is 0.667. The minimum Gasteiger partial charge on any atom is -0.374 e. The van der Waals surface area contributed by atoms with E-state index >= 15 is 0 Å². The smallest absolute Gasteiger partial charge is 0.0850 e. The van der Waals surface area contributed by atoms with Crippen molar-refractivity contribution >= 4 is 11.3 Å². The zero-order valence-corrected chi connectivity index (χ0v) is 10.8. The van der Waals surface area contributed by atoms with E-state index in [-0.39, 0.29) is 12.1 Å². The van der Waals surface area contributed by atoms with Crippen LogP contribution < -0.4 is 5.73 Å². The van der Waals surface area contributed by atoms with Crippen LogP contribution in [0.15, 0.2) is 11.4 Å². The minimum absolute atomic E-state index is 0.118. The summed E-state index contributed by atoms with van der Waals surface area (Å²) in [7, 11) is 0. The van der Waals surface area contributed by atoms with Crippen molar-refractivity contribution < 1.29 is 4.74 Å². The second-order valence-electron chi connectivity index (χ2n) is 4.53. The molecular formula is C12H20N2OS. The summed E-state index contributed by atoms with van der Waals surface area (Å²) in [6.07, 6.45) is 0.189. The number of hydrogen-bond acceptors (Lipinski definition) is 4. The van der Waals surface area contributed by atoms with Crippen LogP contribution in [0, 0.1) is 6.92 Å². The highest BCUT2D eigenvalue weighted by atomic mass is 32.1. The number of nitrogens with two attached hydrogens (primary N) is 1. The first kappa shape index (κ1) is 12.0. The predicted molar refractivity (Wildman–Crippen MR) is 67.7 cm³/mol. The monoisotopic (exact) mass is 240 g/mol. The number of aryl methyl sites for hydroxylation is 1. The lowest BCUT2D eigenvalue weighted by molar-refractivity contribution is -0.0401. The van der Waals surface area contributed by atoms with Gasteiger partial charge in [0.1, 0.15) is 0 Å².